The van der Waals surface area contributed by atoms with Gasteiger partial charge < -0.3 is 10.2 Å². The molecule has 25 heavy (non-hydrogen) atoms. The Morgan fingerprint density at radius 2 is 1.84 bits per heavy atom. The second-order valence-electron chi connectivity index (χ2n) is 6.70. The van der Waals surface area contributed by atoms with Crippen LogP contribution in [-0.4, -0.2) is 62.2 Å². The SMILES string of the molecule is Cc1ccc(C)c(S(=O)(=O)N2CCN(C(=O)C3CNC(=O)C3)CC2)c1. The fourth-order valence-corrected chi connectivity index (χ4v) is 5.04. The Hall–Kier alpha value is -1.93. The van der Waals surface area contributed by atoms with Crippen molar-refractivity contribution in [3.8, 4) is 0 Å². The fraction of sp³-hybridized carbons (Fsp3) is 0.529. The third-order valence-corrected chi connectivity index (χ3v) is 6.88. The van der Waals surface area contributed by atoms with Gasteiger partial charge in [-0.15, -0.1) is 0 Å². The lowest BCUT2D eigenvalue weighted by Crippen LogP contribution is -2.52. The second kappa shape index (κ2) is 6.76. The van der Waals surface area contributed by atoms with Crippen LogP contribution < -0.4 is 5.32 Å². The Morgan fingerprint density at radius 3 is 2.44 bits per heavy atom. The smallest absolute Gasteiger partial charge is 0.243 e. The molecular formula is C17H23N3O4S. The molecule has 1 aromatic rings. The van der Waals surface area contributed by atoms with Gasteiger partial charge in [0, 0.05) is 39.1 Å². The standard InChI is InChI=1S/C17H23N3O4S/c1-12-3-4-13(2)15(9-12)25(23,24)20-7-5-19(6-8-20)17(22)14-10-16(21)18-11-14/h3-4,9,14H,5-8,10-11H2,1-2H3,(H,18,21). The number of aryl methyl sites for hydroxylation is 2. The zero-order valence-corrected chi connectivity index (χ0v) is 15.3. The molecule has 2 aliphatic heterocycles. The number of nitrogens with zero attached hydrogens (tertiary/aromatic N) is 2. The fourth-order valence-electron chi connectivity index (χ4n) is 3.31. The summed E-state index contributed by atoms with van der Waals surface area (Å²) >= 11 is 0. The second-order valence-corrected chi connectivity index (χ2v) is 8.61. The summed E-state index contributed by atoms with van der Waals surface area (Å²) in [5.41, 5.74) is 1.62. The topological polar surface area (TPSA) is 86.8 Å². The summed E-state index contributed by atoms with van der Waals surface area (Å²) < 4.78 is 27.2. The molecule has 2 fully saturated rings. The Balaban J connectivity index is 1.68. The van der Waals surface area contributed by atoms with Crippen LogP contribution in [0.3, 0.4) is 0 Å². The van der Waals surface area contributed by atoms with Gasteiger partial charge in [-0.3, -0.25) is 9.59 Å². The van der Waals surface area contributed by atoms with E-state index in [1.165, 1.54) is 4.31 Å². The van der Waals surface area contributed by atoms with E-state index in [1.54, 1.807) is 17.9 Å². The normalized spacial score (nSPS) is 22.1. The van der Waals surface area contributed by atoms with Gasteiger partial charge in [0.2, 0.25) is 21.8 Å². The zero-order chi connectivity index (χ0) is 18.2. The monoisotopic (exact) mass is 365 g/mol. The zero-order valence-electron chi connectivity index (χ0n) is 14.5. The highest BCUT2D eigenvalue weighted by molar-refractivity contribution is 7.89. The summed E-state index contributed by atoms with van der Waals surface area (Å²) in [4.78, 5) is 25.7. The summed E-state index contributed by atoms with van der Waals surface area (Å²) in [6.45, 7) is 5.28. The van der Waals surface area contributed by atoms with Crippen molar-refractivity contribution < 1.29 is 18.0 Å². The molecule has 0 aromatic heterocycles. The van der Waals surface area contributed by atoms with Gasteiger partial charge in [0.1, 0.15) is 0 Å². The molecule has 2 saturated heterocycles. The Kier molecular flexibility index (Phi) is 4.83. The van der Waals surface area contributed by atoms with Gasteiger partial charge >= 0.3 is 0 Å². The van der Waals surface area contributed by atoms with Gasteiger partial charge in [-0.05, 0) is 31.0 Å². The summed E-state index contributed by atoms with van der Waals surface area (Å²) in [7, 11) is -3.56. The highest BCUT2D eigenvalue weighted by atomic mass is 32.2. The molecule has 7 nitrogen and oxygen atoms in total. The first-order chi connectivity index (χ1) is 11.8. The third-order valence-electron chi connectivity index (χ3n) is 4.84. The number of benzene rings is 1. The minimum Gasteiger partial charge on any atom is -0.355 e. The molecule has 136 valence electrons. The number of hydrogen-bond acceptors (Lipinski definition) is 4. The lowest BCUT2D eigenvalue weighted by Gasteiger charge is -2.35. The Bertz CT molecular complexity index is 798. The van der Waals surface area contributed by atoms with Crippen molar-refractivity contribution in [2.24, 2.45) is 5.92 Å². The molecular weight excluding hydrogens is 342 g/mol. The molecule has 8 heteroatoms. The molecule has 1 aromatic carbocycles. The maximum Gasteiger partial charge on any atom is 0.243 e. The van der Waals surface area contributed by atoms with Gasteiger partial charge in [-0.1, -0.05) is 12.1 Å². The molecule has 3 rings (SSSR count). The lowest BCUT2D eigenvalue weighted by molar-refractivity contribution is -0.136. The molecule has 0 radical (unpaired) electrons. The van der Waals surface area contributed by atoms with Crippen LogP contribution in [0.2, 0.25) is 0 Å². The van der Waals surface area contributed by atoms with Crippen molar-refractivity contribution in [1.29, 1.82) is 0 Å². The maximum absolute atomic E-state index is 12.9. The molecule has 0 saturated carbocycles. The van der Waals surface area contributed by atoms with Crippen molar-refractivity contribution in [2.45, 2.75) is 25.2 Å². The lowest BCUT2D eigenvalue weighted by atomic mass is 10.1. The summed E-state index contributed by atoms with van der Waals surface area (Å²) in [5, 5.41) is 2.66. The van der Waals surface area contributed by atoms with Gasteiger partial charge in [0.15, 0.2) is 0 Å². The van der Waals surface area contributed by atoms with Crippen LogP contribution in [0.5, 0.6) is 0 Å². The van der Waals surface area contributed by atoms with E-state index in [-0.39, 0.29) is 37.2 Å². The van der Waals surface area contributed by atoms with Crippen molar-refractivity contribution in [2.75, 3.05) is 32.7 Å². The predicted molar refractivity (Wildman–Crippen MR) is 92.4 cm³/mol. The quantitative estimate of drug-likeness (QED) is 0.833. The van der Waals surface area contributed by atoms with Crippen LogP contribution in [0.25, 0.3) is 0 Å². The van der Waals surface area contributed by atoms with E-state index in [9.17, 15) is 18.0 Å². The van der Waals surface area contributed by atoms with Crippen LogP contribution in [0.1, 0.15) is 17.5 Å². The molecule has 1 atom stereocenters. The van der Waals surface area contributed by atoms with E-state index >= 15 is 0 Å². The number of nitrogens with one attached hydrogen (secondary N) is 1. The van der Waals surface area contributed by atoms with E-state index in [1.807, 2.05) is 19.1 Å². The molecule has 0 aliphatic carbocycles. The number of carbonyl (C=O) groups is 2. The first-order valence-electron chi connectivity index (χ1n) is 8.42. The average Bonchev–Trinajstić information content (AvgIpc) is 3.03. The van der Waals surface area contributed by atoms with E-state index in [0.29, 0.717) is 24.5 Å². The largest absolute Gasteiger partial charge is 0.355 e. The van der Waals surface area contributed by atoms with E-state index < -0.39 is 10.0 Å². The van der Waals surface area contributed by atoms with Gasteiger partial charge in [0.25, 0.3) is 0 Å². The van der Waals surface area contributed by atoms with Crippen molar-refractivity contribution >= 4 is 21.8 Å². The van der Waals surface area contributed by atoms with E-state index in [4.69, 9.17) is 0 Å². The van der Waals surface area contributed by atoms with Crippen molar-refractivity contribution in [3.05, 3.63) is 29.3 Å². The molecule has 0 bridgehead atoms. The number of sulfonamides is 1. The number of amides is 2. The molecule has 2 aliphatic rings. The van der Waals surface area contributed by atoms with Crippen LogP contribution in [0.15, 0.2) is 23.1 Å². The van der Waals surface area contributed by atoms with E-state index in [2.05, 4.69) is 5.32 Å². The van der Waals surface area contributed by atoms with Crippen LogP contribution in [0, 0.1) is 19.8 Å². The summed E-state index contributed by atoms with van der Waals surface area (Å²) in [6, 6.07) is 5.39. The maximum atomic E-state index is 12.9. The minimum absolute atomic E-state index is 0.0675. The summed E-state index contributed by atoms with van der Waals surface area (Å²) in [6.07, 6.45) is 0.222. The predicted octanol–water partition coefficient (Wildman–Crippen LogP) is 0.272. The average molecular weight is 365 g/mol. The van der Waals surface area contributed by atoms with E-state index in [0.717, 1.165) is 11.1 Å². The number of hydrogen-bond donors (Lipinski definition) is 1. The number of piperazine rings is 1. The Labute approximate surface area is 148 Å². The Morgan fingerprint density at radius 1 is 1.16 bits per heavy atom. The summed E-state index contributed by atoms with van der Waals surface area (Å²) in [5.74, 6) is -0.494. The van der Waals surface area contributed by atoms with Crippen molar-refractivity contribution in [3.63, 3.8) is 0 Å². The molecule has 2 amide bonds. The molecule has 1 unspecified atom stereocenters. The number of carbonyl (C=O) groups excluding carboxylic acids is 2. The van der Waals surface area contributed by atoms with Crippen LogP contribution >= 0.6 is 0 Å². The van der Waals surface area contributed by atoms with Gasteiger partial charge in [-0.25, -0.2) is 8.42 Å². The highest BCUT2D eigenvalue weighted by Crippen LogP contribution is 2.23. The minimum atomic E-state index is -3.56. The third kappa shape index (κ3) is 3.55. The molecule has 2 heterocycles. The van der Waals surface area contributed by atoms with Crippen molar-refractivity contribution in [1.82, 2.24) is 14.5 Å². The highest BCUT2D eigenvalue weighted by Gasteiger charge is 2.35. The molecule has 1 N–H and O–H groups in total. The first-order valence-corrected chi connectivity index (χ1v) is 9.86. The number of rotatable bonds is 3. The van der Waals surface area contributed by atoms with Crippen LogP contribution in [-0.2, 0) is 19.6 Å². The molecule has 0 spiro atoms. The first kappa shape index (κ1) is 17.9. The van der Waals surface area contributed by atoms with Gasteiger partial charge in [0.05, 0.1) is 10.8 Å². The van der Waals surface area contributed by atoms with Crippen LogP contribution in [0.4, 0.5) is 0 Å². The van der Waals surface area contributed by atoms with Gasteiger partial charge in [-0.2, -0.15) is 4.31 Å².